The maximum Gasteiger partial charge on any atom is 0.435 e. The van der Waals surface area contributed by atoms with Crippen LogP contribution in [-0.2, 0) is 6.18 Å². The molecule has 9 heteroatoms. The van der Waals surface area contributed by atoms with Crippen LogP contribution in [0.15, 0.2) is 48.5 Å². The lowest BCUT2D eigenvalue weighted by atomic mass is 10.2. The number of methoxy groups -OCH3 is 1. The second-order valence-electron chi connectivity index (χ2n) is 5.36. The highest BCUT2D eigenvalue weighted by molar-refractivity contribution is 7.17. The number of amides is 1. The summed E-state index contributed by atoms with van der Waals surface area (Å²) >= 11 is 6.66. The number of anilines is 1. The third-order valence-corrected chi connectivity index (χ3v) is 4.93. The summed E-state index contributed by atoms with van der Waals surface area (Å²) in [6.45, 7) is 0. The Bertz CT molecular complexity index is 974. The molecule has 3 rings (SSSR count). The number of ether oxygens (including phenoxy) is 1. The van der Waals surface area contributed by atoms with Crippen LogP contribution in [0.2, 0.25) is 5.02 Å². The fourth-order valence-corrected chi connectivity index (χ4v) is 3.55. The summed E-state index contributed by atoms with van der Waals surface area (Å²) in [5, 5.41) is 2.75. The minimum Gasteiger partial charge on any atom is -0.495 e. The second-order valence-corrected chi connectivity index (χ2v) is 6.77. The third-order valence-electron chi connectivity index (χ3n) is 3.53. The summed E-state index contributed by atoms with van der Waals surface area (Å²) in [6.07, 6.45) is -4.76. The van der Waals surface area contributed by atoms with Crippen molar-refractivity contribution in [3.05, 3.63) is 64.1 Å². The van der Waals surface area contributed by atoms with Gasteiger partial charge >= 0.3 is 6.18 Å². The van der Waals surface area contributed by atoms with Gasteiger partial charge in [-0.05, 0) is 18.2 Å². The van der Waals surface area contributed by atoms with Crippen LogP contribution >= 0.6 is 22.9 Å². The number of nitrogens with zero attached hydrogens (tertiary/aromatic N) is 1. The predicted octanol–water partition coefficient (Wildman–Crippen LogP) is 5.74. The van der Waals surface area contributed by atoms with Gasteiger partial charge in [-0.2, -0.15) is 13.2 Å². The fourth-order valence-electron chi connectivity index (χ4n) is 2.30. The van der Waals surface area contributed by atoms with Crippen molar-refractivity contribution in [2.75, 3.05) is 12.4 Å². The number of benzene rings is 2. The lowest BCUT2D eigenvalue weighted by molar-refractivity contribution is -0.140. The summed E-state index contributed by atoms with van der Waals surface area (Å²) < 4.78 is 45.1. The Kier molecular flexibility index (Phi) is 5.38. The number of thiazole rings is 1. The van der Waals surface area contributed by atoms with Crippen LogP contribution in [0.5, 0.6) is 5.75 Å². The van der Waals surface area contributed by atoms with Gasteiger partial charge in [0.15, 0.2) is 5.69 Å². The molecular weight excluding hydrogens is 401 g/mol. The largest absolute Gasteiger partial charge is 0.495 e. The molecule has 0 aliphatic heterocycles. The first-order valence-electron chi connectivity index (χ1n) is 7.58. The third kappa shape index (κ3) is 4.23. The van der Waals surface area contributed by atoms with Gasteiger partial charge in [0.25, 0.3) is 5.91 Å². The zero-order chi connectivity index (χ0) is 19.6. The van der Waals surface area contributed by atoms with E-state index in [1.165, 1.54) is 25.3 Å². The SMILES string of the molecule is COc1ccc(NC(=O)c2sc(-c3ccccc3)nc2C(F)(F)F)cc1Cl. The summed E-state index contributed by atoms with van der Waals surface area (Å²) in [6, 6.07) is 12.7. The van der Waals surface area contributed by atoms with Crippen molar-refractivity contribution in [1.82, 2.24) is 4.98 Å². The molecule has 140 valence electrons. The molecule has 2 aromatic carbocycles. The van der Waals surface area contributed by atoms with Crippen molar-refractivity contribution in [1.29, 1.82) is 0 Å². The van der Waals surface area contributed by atoms with E-state index in [-0.39, 0.29) is 15.7 Å². The molecule has 4 nitrogen and oxygen atoms in total. The molecule has 0 atom stereocenters. The first-order chi connectivity index (χ1) is 12.8. The molecule has 0 bridgehead atoms. The van der Waals surface area contributed by atoms with Crippen LogP contribution in [0.3, 0.4) is 0 Å². The van der Waals surface area contributed by atoms with Gasteiger partial charge in [0.1, 0.15) is 15.6 Å². The number of alkyl halides is 3. The topological polar surface area (TPSA) is 51.2 Å². The molecule has 0 radical (unpaired) electrons. The van der Waals surface area contributed by atoms with Crippen molar-refractivity contribution < 1.29 is 22.7 Å². The maximum atomic E-state index is 13.4. The average molecular weight is 413 g/mol. The first-order valence-corrected chi connectivity index (χ1v) is 8.77. The van der Waals surface area contributed by atoms with E-state index in [9.17, 15) is 18.0 Å². The van der Waals surface area contributed by atoms with Crippen molar-refractivity contribution in [3.8, 4) is 16.3 Å². The zero-order valence-electron chi connectivity index (χ0n) is 13.8. The molecule has 1 amide bonds. The Balaban J connectivity index is 1.96. The summed E-state index contributed by atoms with van der Waals surface area (Å²) in [4.78, 5) is 15.6. The summed E-state index contributed by atoms with van der Waals surface area (Å²) in [5.74, 6) is -0.530. The van der Waals surface area contributed by atoms with E-state index in [1.807, 2.05) is 0 Å². The van der Waals surface area contributed by atoms with Crippen molar-refractivity contribution in [3.63, 3.8) is 0 Å². The van der Waals surface area contributed by atoms with Crippen LogP contribution in [0.4, 0.5) is 18.9 Å². The van der Waals surface area contributed by atoms with Gasteiger partial charge in [-0.3, -0.25) is 4.79 Å². The highest BCUT2D eigenvalue weighted by Crippen LogP contribution is 2.38. The van der Waals surface area contributed by atoms with E-state index >= 15 is 0 Å². The molecule has 1 N–H and O–H groups in total. The molecule has 0 fully saturated rings. The van der Waals surface area contributed by atoms with Crippen LogP contribution in [0.25, 0.3) is 10.6 Å². The number of carbonyl (C=O) groups is 1. The van der Waals surface area contributed by atoms with Crippen LogP contribution in [0, 0.1) is 0 Å². The Labute approximate surface area is 161 Å². The van der Waals surface area contributed by atoms with E-state index in [2.05, 4.69) is 10.3 Å². The molecule has 0 aliphatic rings. The van der Waals surface area contributed by atoms with Gasteiger partial charge in [-0.25, -0.2) is 4.98 Å². The smallest absolute Gasteiger partial charge is 0.435 e. The number of hydrogen-bond donors (Lipinski definition) is 1. The minimum absolute atomic E-state index is 0.112. The Morgan fingerprint density at radius 2 is 1.89 bits per heavy atom. The molecule has 1 aromatic heterocycles. The Hall–Kier alpha value is -2.58. The van der Waals surface area contributed by atoms with Gasteiger partial charge in [0.2, 0.25) is 0 Å². The number of halogens is 4. The molecular formula is C18H12ClF3N2O2S. The average Bonchev–Trinajstić information content (AvgIpc) is 3.09. The highest BCUT2D eigenvalue weighted by Gasteiger charge is 2.39. The fraction of sp³-hybridized carbons (Fsp3) is 0.111. The molecule has 1 heterocycles. The van der Waals surface area contributed by atoms with E-state index in [1.54, 1.807) is 30.3 Å². The molecule has 0 saturated heterocycles. The molecule has 27 heavy (non-hydrogen) atoms. The molecule has 0 aliphatic carbocycles. The number of aromatic nitrogens is 1. The van der Waals surface area contributed by atoms with Crippen molar-refractivity contribution >= 4 is 34.5 Å². The van der Waals surface area contributed by atoms with Crippen LogP contribution in [0.1, 0.15) is 15.4 Å². The minimum atomic E-state index is -4.76. The van der Waals surface area contributed by atoms with E-state index in [0.29, 0.717) is 22.6 Å². The van der Waals surface area contributed by atoms with Gasteiger partial charge < -0.3 is 10.1 Å². The monoisotopic (exact) mass is 412 g/mol. The Morgan fingerprint density at radius 1 is 1.19 bits per heavy atom. The zero-order valence-corrected chi connectivity index (χ0v) is 15.4. The van der Waals surface area contributed by atoms with E-state index in [4.69, 9.17) is 16.3 Å². The molecule has 0 saturated carbocycles. The number of hydrogen-bond acceptors (Lipinski definition) is 4. The normalized spacial score (nSPS) is 11.3. The van der Waals surface area contributed by atoms with Gasteiger partial charge in [-0.15, -0.1) is 11.3 Å². The van der Waals surface area contributed by atoms with Crippen LogP contribution in [-0.4, -0.2) is 18.0 Å². The van der Waals surface area contributed by atoms with Gasteiger partial charge in [0.05, 0.1) is 12.1 Å². The lowest BCUT2D eigenvalue weighted by Gasteiger charge is -2.09. The quantitative estimate of drug-likeness (QED) is 0.594. The van der Waals surface area contributed by atoms with Crippen molar-refractivity contribution in [2.45, 2.75) is 6.18 Å². The lowest BCUT2D eigenvalue weighted by Crippen LogP contribution is -2.17. The summed E-state index contributed by atoms with van der Waals surface area (Å²) in [7, 11) is 1.43. The number of carbonyl (C=O) groups excluding carboxylic acids is 1. The van der Waals surface area contributed by atoms with Crippen molar-refractivity contribution in [2.24, 2.45) is 0 Å². The second kappa shape index (κ2) is 7.58. The standard InChI is InChI=1S/C18H12ClF3N2O2S/c1-26-13-8-7-11(9-12(13)19)23-16(25)14-15(18(20,21)22)24-17(27-14)10-5-3-2-4-6-10/h2-9H,1H3,(H,23,25). The van der Waals surface area contributed by atoms with Gasteiger partial charge in [0, 0.05) is 11.3 Å². The summed E-state index contributed by atoms with van der Waals surface area (Å²) in [5.41, 5.74) is -0.475. The number of nitrogens with one attached hydrogen (secondary N) is 1. The molecule has 3 aromatic rings. The maximum absolute atomic E-state index is 13.4. The molecule has 0 unspecified atom stereocenters. The van der Waals surface area contributed by atoms with E-state index < -0.39 is 22.7 Å². The highest BCUT2D eigenvalue weighted by atomic mass is 35.5. The van der Waals surface area contributed by atoms with E-state index in [0.717, 1.165) is 0 Å². The van der Waals surface area contributed by atoms with Crippen LogP contribution < -0.4 is 10.1 Å². The Morgan fingerprint density at radius 3 is 2.48 bits per heavy atom. The van der Waals surface area contributed by atoms with Gasteiger partial charge in [-0.1, -0.05) is 41.9 Å². The first kappa shape index (κ1) is 19.2. The predicted molar refractivity (Wildman–Crippen MR) is 98.5 cm³/mol. The molecule has 0 spiro atoms. The number of rotatable bonds is 4.